The fourth-order valence-corrected chi connectivity index (χ4v) is 2.75. The summed E-state index contributed by atoms with van der Waals surface area (Å²) in [5, 5.41) is 8.27. The third-order valence-corrected chi connectivity index (χ3v) is 4.11. The van der Waals surface area contributed by atoms with Crippen LogP contribution in [0.5, 0.6) is 5.75 Å². The van der Waals surface area contributed by atoms with Gasteiger partial charge in [0.15, 0.2) is 0 Å². The summed E-state index contributed by atoms with van der Waals surface area (Å²) >= 11 is 6.24. The van der Waals surface area contributed by atoms with Gasteiger partial charge in [-0.2, -0.15) is 0 Å². The maximum absolute atomic E-state index is 7.78. The fourth-order valence-electron chi connectivity index (χ4n) is 2.52. The van der Waals surface area contributed by atoms with Crippen LogP contribution in [0.4, 0.5) is 5.69 Å². The van der Waals surface area contributed by atoms with Crippen LogP contribution in [0.2, 0.25) is 5.02 Å². The summed E-state index contributed by atoms with van der Waals surface area (Å²) in [5.74, 6) is 0.288. The molecule has 3 aromatic rings. The molecule has 0 amide bonds. The van der Waals surface area contributed by atoms with Crippen molar-refractivity contribution in [2.24, 2.45) is 5.73 Å². The number of hydrogen-bond donors (Lipinski definition) is 3. The summed E-state index contributed by atoms with van der Waals surface area (Å²) in [7, 11) is 0. The van der Waals surface area contributed by atoms with Crippen LogP contribution in [0.3, 0.4) is 0 Å². The molecule has 5 N–H and O–H groups in total. The van der Waals surface area contributed by atoms with E-state index in [9.17, 15) is 0 Å². The van der Waals surface area contributed by atoms with Gasteiger partial charge in [0, 0.05) is 35.6 Å². The Morgan fingerprint density at radius 2 is 1.92 bits per heavy atom. The molecule has 1 aromatic carbocycles. The quantitative estimate of drug-likeness (QED) is 0.351. The average Bonchev–Trinajstić information content (AvgIpc) is 2.64. The minimum atomic E-state index is -0.147. The van der Waals surface area contributed by atoms with E-state index in [1.165, 1.54) is 0 Å². The molecule has 2 aromatic heterocycles. The van der Waals surface area contributed by atoms with Crippen molar-refractivity contribution in [1.82, 2.24) is 9.97 Å². The van der Waals surface area contributed by atoms with E-state index in [-0.39, 0.29) is 5.84 Å². The second-order valence-electron chi connectivity index (χ2n) is 5.60. The van der Waals surface area contributed by atoms with E-state index in [1.54, 1.807) is 36.7 Å². The normalized spacial score (nSPS) is 10.5. The molecule has 0 aliphatic rings. The van der Waals surface area contributed by atoms with Crippen LogP contribution in [0, 0.1) is 5.41 Å². The largest absolute Gasteiger partial charge is 0.491 e. The van der Waals surface area contributed by atoms with Crippen LogP contribution in [0.15, 0.2) is 54.9 Å². The number of aromatic nitrogens is 2. The minimum Gasteiger partial charge on any atom is -0.491 e. The number of hydrogen-bond acceptors (Lipinski definition) is 5. The minimum absolute atomic E-state index is 0.147. The van der Waals surface area contributed by atoms with Gasteiger partial charge >= 0.3 is 0 Å². The van der Waals surface area contributed by atoms with E-state index in [4.69, 9.17) is 33.2 Å². The Balaban J connectivity index is 1.91. The molecule has 0 spiro atoms. The smallest absolute Gasteiger partial charge is 0.143 e. The van der Waals surface area contributed by atoms with Gasteiger partial charge in [-0.15, -0.1) is 0 Å². The predicted octanol–water partition coefficient (Wildman–Crippen LogP) is 3.28. The van der Waals surface area contributed by atoms with E-state index in [2.05, 4.69) is 9.97 Å². The summed E-state index contributed by atoms with van der Waals surface area (Å²) in [4.78, 5) is 8.56. The molecular formula is C19H18ClN5O. The number of nitrogens with two attached hydrogens (primary N) is 2. The molecule has 0 fully saturated rings. The van der Waals surface area contributed by atoms with Gasteiger partial charge in [0.25, 0.3) is 0 Å². The van der Waals surface area contributed by atoms with Gasteiger partial charge in [-0.25, -0.2) is 0 Å². The monoisotopic (exact) mass is 367 g/mol. The number of benzene rings is 1. The van der Waals surface area contributed by atoms with E-state index >= 15 is 0 Å². The van der Waals surface area contributed by atoms with Crippen LogP contribution in [0.25, 0.3) is 11.3 Å². The van der Waals surface area contributed by atoms with Gasteiger partial charge in [0.2, 0.25) is 0 Å². The molecular weight excluding hydrogens is 350 g/mol. The number of ether oxygens (including phenoxy) is 1. The highest BCUT2D eigenvalue weighted by Crippen LogP contribution is 2.34. The van der Waals surface area contributed by atoms with E-state index < -0.39 is 0 Å². The molecule has 0 radical (unpaired) electrons. The summed E-state index contributed by atoms with van der Waals surface area (Å²) in [6.07, 6.45) is 4.01. The van der Waals surface area contributed by atoms with Crippen LogP contribution in [-0.4, -0.2) is 22.4 Å². The molecule has 0 bridgehead atoms. The van der Waals surface area contributed by atoms with Crippen LogP contribution < -0.4 is 16.2 Å². The number of anilines is 1. The standard InChI is InChI=1S/C19H18ClN5O/c20-15-5-3-8-25-18(15)12-10-14(19(22)23)17(21)16(11-12)26-9-6-13-4-1-2-7-24-13/h1-5,7-8,10-11H,6,9,21H2,(H3,22,23). The number of amidine groups is 1. The maximum atomic E-state index is 7.78. The molecule has 0 unspecified atom stereocenters. The third kappa shape index (κ3) is 3.92. The summed E-state index contributed by atoms with van der Waals surface area (Å²) in [6, 6.07) is 12.7. The van der Waals surface area contributed by atoms with Crippen LogP contribution in [0.1, 0.15) is 11.3 Å². The summed E-state index contributed by atoms with van der Waals surface area (Å²) in [6.45, 7) is 0.387. The third-order valence-electron chi connectivity index (χ3n) is 3.81. The highest BCUT2D eigenvalue weighted by atomic mass is 35.5. The first kappa shape index (κ1) is 17.7. The Morgan fingerprint density at radius 3 is 2.62 bits per heavy atom. The van der Waals surface area contributed by atoms with E-state index in [0.717, 1.165) is 5.69 Å². The van der Waals surface area contributed by atoms with Crippen molar-refractivity contribution in [3.63, 3.8) is 0 Å². The zero-order valence-electron chi connectivity index (χ0n) is 13.9. The SMILES string of the molecule is N=C(N)c1cc(-c2ncccc2Cl)cc(OCCc2ccccn2)c1N. The van der Waals surface area contributed by atoms with Gasteiger partial charge in [-0.3, -0.25) is 15.4 Å². The van der Waals surface area contributed by atoms with Crippen LogP contribution >= 0.6 is 11.6 Å². The molecule has 0 atom stereocenters. The number of pyridine rings is 2. The first-order chi connectivity index (χ1) is 12.6. The highest BCUT2D eigenvalue weighted by molar-refractivity contribution is 6.33. The van der Waals surface area contributed by atoms with Crippen molar-refractivity contribution >= 4 is 23.1 Å². The number of nitrogens with zero attached hydrogens (tertiary/aromatic N) is 2. The van der Waals surface area contributed by atoms with Crippen molar-refractivity contribution < 1.29 is 4.74 Å². The van der Waals surface area contributed by atoms with Gasteiger partial charge in [0.1, 0.15) is 11.6 Å². The Morgan fingerprint density at radius 1 is 1.12 bits per heavy atom. The average molecular weight is 368 g/mol. The second kappa shape index (κ2) is 7.84. The zero-order valence-corrected chi connectivity index (χ0v) is 14.7. The summed E-state index contributed by atoms with van der Waals surface area (Å²) in [5.41, 5.74) is 14.7. The molecule has 3 rings (SSSR count). The molecule has 0 saturated heterocycles. The number of nitrogen functional groups attached to an aromatic ring is 2. The zero-order chi connectivity index (χ0) is 18.5. The lowest BCUT2D eigenvalue weighted by atomic mass is 10.0. The lowest BCUT2D eigenvalue weighted by molar-refractivity contribution is 0.322. The first-order valence-corrected chi connectivity index (χ1v) is 8.35. The molecule has 0 aliphatic heterocycles. The molecule has 6 nitrogen and oxygen atoms in total. The van der Waals surface area contributed by atoms with Gasteiger partial charge < -0.3 is 16.2 Å². The fraction of sp³-hybridized carbons (Fsp3) is 0.105. The number of rotatable bonds is 6. The van der Waals surface area contributed by atoms with Crippen molar-refractivity contribution in [2.45, 2.75) is 6.42 Å². The lowest BCUT2D eigenvalue weighted by Gasteiger charge is -2.15. The van der Waals surface area contributed by atoms with Crippen molar-refractivity contribution in [3.8, 4) is 17.0 Å². The van der Waals surface area contributed by atoms with Crippen molar-refractivity contribution in [2.75, 3.05) is 12.3 Å². The topological polar surface area (TPSA) is 111 Å². The Hall–Kier alpha value is -3.12. The molecule has 26 heavy (non-hydrogen) atoms. The van der Waals surface area contributed by atoms with Crippen molar-refractivity contribution in [3.05, 3.63) is 71.1 Å². The lowest BCUT2D eigenvalue weighted by Crippen LogP contribution is -2.15. The van der Waals surface area contributed by atoms with Crippen LogP contribution in [-0.2, 0) is 6.42 Å². The highest BCUT2D eigenvalue weighted by Gasteiger charge is 2.15. The predicted molar refractivity (Wildman–Crippen MR) is 104 cm³/mol. The first-order valence-electron chi connectivity index (χ1n) is 7.98. The Kier molecular flexibility index (Phi) is 5.34. The van der Waals surface area contributed by atoms with E-state index in [1.807, 2.05) is 18.2 Å². The molecule has 0 aliphatic carbocycles. The molecule has 132 valence electrons. The molecule has 7 heteroatoms. The Bertz CT molecular complexity index is 930. The number of halogens is 1. The number of nitrogens with one attached hydrogen (secondary N) is 1. The summed E-state index contributed by atoms with van der Waals surface area (Å²) < 4.78 is 5.85. The van der Waals surface area contributed by atoms with Gasteiger partial charge in [-0.05, 0) is 36.4 Å². The molecule has 2 heterocycles. The van der Waals surface area contributed by atoms with Crippen molar-refractivity contribution in [1.29, 1.82) is 5.41 Å². The van der Waals surface area contributed by atoms with Gasteiger partial charge in [0.05, 0.1) is 23.0 Å². The Labute approximate surface area is 156 Å². The van der Waals surface area contributed by atoms with E-state index in [0.29, 0.717) is 46.3 Å². The maximum Gasteiger partial charge on any atom is 0.143 e. The second-order valence-corrected chi connectivity index (χ2v) is 6.01. The molecule has 0 saturated carbocycles. The van der Waals surface area contributed by atoms with Gasteiger partial charge in [-0.1, -0.05) is 17.7 Å².